The molecule has 5 nitrogen and oxygen atoms in total. The molecule has 130 valence electrons. The second kappa shape index (κ2) is 9.21. The minimum absolute atomic E-state index is 0.193. The third-order valence-electron chi connectivity index (χ3n) is 4.86. The molecule has 0 unspecified atom stereocenters. The average Bonchev–Trinajstić information content (AvgIpc) is 3.01. The van der Waals surface area contributed by atoms with Crippen molar-refractivity contribution in [3.8, 4) is 0 Å². The first-order valence-corrected chi connectivity index (χ1v) is 8.44. The first kappa shape index (κ1) is 18.2. The van der Waals surface area contributed by atoms with E-state index in [4.69, 9.17) is 14.6 Å². The van der Waals surface area contributed by atoms with Crippen LogP contribution in [0.1, 0.15) is 38.5 Å². The average molecular weight is 324 g/mol. The lowest BCUT2D eigenvalue weighted by atomic mass is 9.89. The van der Waals surface area contributed by atoms with E-state index in [1.165, 1.54) is 5.57 Å². The summed E-state index contributed by atoms with van der Waals surface area (Å²) in [5.41, 5.74) is 1.44. The zero-order chi connectivity index (χ0) is 16.7. The minimum Gasteiger partial charge on any atom is -0.481 e. The van der Waals surface area contributed by atoms with Gasteiger partial charge in [0.15, 0.2) is 0 Å². The van der Waals surface area contributed by atoms with E-state index in [-0.39, 0.29) is 25.2 Å². The summed E-state index contributed by atoms with van der Waals surface area (Å²) in [7, 11) is 1.59. The van der Waals surface area contributed by atoms with E-state index in [1.54, 1.807) is 7.11 Å². The van der Waals surface area contributed by atoms with Crippen LogP contribution in [0.4, 0.5) is 0 Å². The number of fused-ring (bicyclic) bond motifs is 1. The predicted molar refractivity (Wildman–Crippen MR) is 86.9 cm³/mol. The molecule has 2 aliphatic rings. The molecule has 1 saturated carbocycles. The van der Waals surface area contributed by atoms with Gasteiger partial charge in [-0.1, -0.05) is 23.8 Å². The van der Waals surface area contributed by atoms with Crippen LogP contribution in [0.3, 0.4) is 0 Å². The number of allylic oxidation sites excluding steroid dienone is 2. The molecule has 0 aliphatic heterocycles. The summed E-state index contributed by atoms with van der Waals surface area (Å²) in [6.07, 6.45) is 10.9. The minimum atomic E-state index is -0.716. The van der Waals surface area contributed by atoms with E-state index < -0.39 is 5.97 Å². The highest BCUT2D eigenvalue weighted by atomic mass is 16.7. The van der Waals surface area contributed by atoms with Gasteiger partial charge in [-0.05, 0) is 43.9 Å². The molecule has 0 aromatic heterocycles. The lowest BCUT2D eigenvalue weighted by Gasteiger charge is -2.18. The van der Waals surface area contributed by atoms with Gasteiger partial charge in [0.2, 0.25) is 0 Å². The molecule has 0 spiro atoms. The number of carbonyl (C=O) groups is 1. The van der Waals surface area contributed by atoms with E-state index in [9.17, 15) is 9.90 Å². The largest absolute Gasteiger partial charge is 0.481 e. The van der Waals surface area contributed by atoms with Crippen molar-refractivity contribution in [2.45, 2.75) is 44.6 Å². The number of carboxylic acid groups (broad SMARTS) is 1. The normalized spacial score (nSPS) is 29.9. The van der Waals surface area contributed by atoms with E-state index in [0.29, 0.717) is 18.4 Å². The number of rotatable bonds is 10. The van der Waals surface area contributed by atoms with Crippen molar-refractivity contribution in [3.05, 3.63) is 23.8 Å². The zero-order valence-electron chi connectivity index (χ0n) is 13.8. The van der Waals surface area contributed by atoms with Crippen molar-refractivity contribution in [1.29, 1.82) is 0 Å². The topological polar surface area (TPSA) is 76.0 Å². The molecule has 0 heterocycles. The van der Waals surface area contributed by atoms with Crippen molar-refractivity contribution in [2.24, 2.45) is 17.8 Å². The van der Waals surface area contributed by atoms with Crippen LogP contribution in [-0.4, -0.2) is 42.8 Å². The third-order valence-corrected chi connectivity index (χ3v) is 4.86. The highest BCUT2D eigenvalue weighted by Crippen LogP contribution is 2.48. The Morgan fingerprint density at radius 2 is 2.26 bits per heavy atom. The Kier molecular flexibility index (Phi) is 7.27. The van der Waals surface area contributed by atoms with Gasteiger partial charge in [-0.15, -0.1) is 0 Å². The maximum absolute atomic E-state index is 10.5. The van der Waals surface area contributed by atoms with Gasteiger partial charge in [0, 0.05) is 19.4 Å². The van der Waals surface area contributed by atoms with Gasteiger partial charge in [-0.2, -0.15) is 0 Å². The van der Waals surface area contributed by atoms with E-state index >= 15 is 0 Å². The van der Waals surface area contributed by atoms with Crippen molar-refractivity contribution in [3.63, 3.8) is 0 Å². The summed E-state index contributed by atoms with van der Waals surface area (Å²) in [4.78, 5) is 10.5. The Morgan fingerprint density at radius 3 is 3.00 bits per heavy atom. The molecule has 0 saturated heterocycles. The lowest BCUT2D eigenvalue weighted by Crippen LogP contribution is -2.17. The van der Waals surface area contributed by atoms with Crippen LogP contribution in [0.2, 0.25) is 0 Å². The van der Waals surface area contributed by atoms with Gasteiger partial charge in [0.1, 0.15) is 6.79 Å². The molecule has 2 aliphatic carbocycles. The fourth-order valence-corrected chi connectivity index (χ4v) is 3.83. The van der Waals surface area contributed by atoms with E-state index in [1.807, 2.05) is 6.08 Å². The maximum atomic E-state index is 10.5. The number of carboxylic acids is 1. The number of unbranched alkanes of at least 4 members (excludes halogenated alkanes) is 1. The SMILES string of the molecule is COCOC/C=C/[C@@H]1[C@H]2CC(CCCCC(=O)O)=C[C@H]2C[C@H]1O. The van der Waals surface area contributed by atoms with Crippen LogP contribution < -0.4 is 0 Å². The van der Waals surface area contributed by atoms with Crippen LogP contribution in [0.15, 0.2) is 23.8 Å². The summed E-state index contributed by atoms with van der Waals surface area (Å²) in [5.74, 6) is 0.428. The molecule has 0 aromatic carbocycles. The monoisotopic (exact) mass is 324 g/mol. The van der Waals surface area contributed by atoms with Gasteiger partial charge >= 0.3 is 5.97 Å². The Bertz CT molecular complexity index is 443. The molecule has 23 heavy (non-hydrogen) atoms. The summed E-state index contributed by atoms with van der Waals surface area (Å²) in [6.45, 7) is 0.787. The van der Waals surface area contributed by atoms with Gasteiger partial charge in [-0.3, -0.25) is 4.79 Å². The van der Waals surface area contributed by atoms with E-state index in [0.717, 1.165) is 32.1 Å². The van der Waals surface area contributed by atoms with Crippen molar-refractivity contribution in [2.75, 3.05) is 20.5 Å². The zero-order valence-corrected chi connectivity index (χ0v) is 13.8. The summed E-state index contributed by atoms with van der Waals surface area (Å²) < 4.78 is 10.1. The van der Waals surface area contributed by atoms with Crippen LogP contribution in [0.5, 0.6) is 0 Å². The predicted octanol–water partition coefficient (Wildman–Crippen LogP) is 2.75. The van der Waals surface area contributed by atoms with Gasteiger partial charge in [-0.25, -0.2) is 0 Å². The Labute approximate surface area is 138 Å². The number of hydrogen-bond acceptors (Lipinski definition) is 4. The van der Waals surface area contributed by atoms with Crippen LogP contribution in [-0.2, 0) is 14.3 Å². The Morgan fingerprint density at radius 1 is 1.43 bits per heavy atom. The smallest absolute Gasteiger partial charge is 0.303 e. The number of aliphatic hydroxyl groups excluding tert-OH is 1. The molecule has 0 bridgehead atoms. The van der Waals surface area contributed by atoms with Gasteiger partial charge < -0.3 is 19.7 Å². The fraction of sp³-hybridized carbons (Fsp3) is 0.722. The van der Waals surface area contributed by atoms with Gasteiger partial charge in [0.05, 0.1) is 12.7 Å². The first-order chi connectivity index (χ1) is 11.1. The molecule has 2 rings (SSSR count). The summed E-state index contributed by atoms with van der Waals surface area (Å²) >= 11 is 0. The maximum Gasteiger partial charge on any atom is 0.303 e. The number of hydrogen-bond donors (Lipinski definition) is 2. The quantitative estimate of drug-likeness (QED) is 0.367. The molecule has 4 atom stereocenters. The van der Waals surface area contributed by atoms with Crippen LogP contribution in [0.25, 0.3) is 0 Å². The summed E-state index contributed by atoms with van der Waals surface area (Å²) in [6, 6.07) is 0. The van der Waals surface area contributed by atoms with Crippen molar-refractivity contribution < 1.29 is 24.5 Å². The molecule has 0 amide bonds. The summed E-state index contributed by atoms with van der Waals surface area (Å²) in [5, 5.41) is 18.9. The third kappa shape index (κ3) is 5.44. The molecule has 5 heteroatoms. The lowest BCUT2D eigenvalue weighted by molar-refractivity contribution is -0.137. The molecule has 1 fully saturated rings. The highest BCUT2D eigenvalue weighted by molar-refractivity contribution is 5.66. The fourth-order valence-electron chi connectivity index (χ4n) is 3.83. The number of aliphatic hydroxyl groups is 1. The molecule has 2 N–H and O–H groups in total. The standard InChI is InChI=1S/C18H28O5/c1-22-12-23-8-4-6-15-16-10-13(5-2-3-7-18(20)21)9-14(16)11-17(15)19/h4,6,9,14-17,19H,2-3,5,7-8,10-12H2,1H3,(H,20,21)/b6-4+/t14-,15+,16-,17+/m0/s1. The second-order valence-corrected chi connectivity index (χ2v) is 6.54. The number of aliphatic carboxylic acids is 1. The van der Waals surface area contributed by atoms with Crippen LogP contribution in [0, 0.1) is 17.8 Å². The second-order valence-electron chi connectivity index (χ2n) is 6.54. The molecular formula is C18H28O5. The van der Waals surface area contributed by atoms with Crippen molar-refractivity contribution >= 4 is 5.97 Å². The Balaban J connectivity index is 1.76. The van der Waals surface area contributed by atoms with E-state index in [2.05, 4.69) is 12.2 Å². The molecular weight excluding hydrogens is 296 g/mol. The first-order valence-electron chi connectivity index (χ1n) is 8.44. The molecule has 0 aromatic rings. The molecule has 0 radical (unpaired) electrons. The Hall–Kier alpha value is -1.17. The highest BCUT2D eigenvalue weighted by Gasteiger charge is 2.42. The number of ether oxygens (including phenoxy) is 2. The number of methoxy groups -OCH3 is 1. The van der Waals surface area contributed by atoms with Crippen LogP contribution >= 0.6 is 0 Å². The van der Waals surface area contributed by atoms with Crippen molar-refractivity contribution in [1.82, 2.24) is 0 Å². The van der Waals surface area contributed by atoms with Gasteiger partial charge in [0.25, 0.3) is 0 Å².